The molecule has 0 amide bonds. The van der Waals surface area contributed by atoms with Crippen LogP contribution >= 0.6 is 11.6 Å². The van der Waals surface area contributed by atoms with Crippen molar-refractivity contribution in [3.63, 3.8) is 0 Å². The van der Waals surface area contributed by atoms with E-state index in [1.54, 1.807) is 7.11 Å². The lowest BCUT2D eigenvalue weighted by molar-refractivity contribution is 0.176. The van der Waals surface area contributed by atoms with Crippen LogP contribution in [0.4, 0.5) is 0 Å². The van der Waals surface area contributed by atoms with Crippen molar-refractivity contribution in [2.24, 2.45) is 0 Å². The van der Waals surface area contributed by atoms with Gasteiger partial charge < -0.3 is 10.1 Å². The predicted molar refractivity (Wildman–Crippen MR) is 72.9 cm³/mol. The molecule has 2 atom stereocenters. The van der Waals surface area contributed by atoms with Crippen LogP contribution in [-0.2, 0) is 21.3 Å². The molecule has 0 bridgehead atoms. The van der Waals surface area contributed by atoms with Gasteiger partial charge in [0.15, 0.2) is 0 Å². The molecule has 0 spiro atoms. The summed E-state index contributed by atoms with van der Waals surface area (Å²) < 4.78 is 17.0. The Balaban J connectivity index is 2.52. The van der Waals surface area contributed by atoms with Gasteiger partial charge in [-0.3, -0.25) is 4.21 Å². The summed E-state index contributed by atoms with van der Waals surface area (Å²) in [6, 6.07) is 7.62. The molecule has 5 heteroatoms. The molecule has 0 aliphatic rings. The quantitative estimate of drug-likeness (QED) is 0.825. The van der Waals surface area contributed by atoms with Crippen molar-refractivity contribution in [2.75, 3.05) is 26.5 Å². The van der Waals surface area contributed by atoms with Crippen LogP contribution in [0.25, 0.3) is 0 Å². The lowest BCUT2D eigenvalue weighted by Gasteiger charge is -2.14. The maximum absolute atomic E-state index is 12.0. The number of ether oxygens (including phenoxy) is 1. The summed E-state index contributed by atoms with van der Waals surface area (Å²) in [6.07, 6.45) is 0. The summed E-state index contributed by atoms with van der Waals surface area (Å²) in [5.41, 5.74) is 0.930. The monoisotopic (exact) mass is 275 g/mol. The van der Waals surface area contributed by atoms with E-state index < -0.39 is 10.8 Å². The van der Waals surface area contributed by atoms with Crippen LogP contribution < -0.4 is 5.32 Å². The summed E-state index contributed by atoms with van der Waals surface area (Å²) in [5.74, 6) is 1.05. The molecule has 2 unspecified atom stereocenters. The number of rotatable bonds is 7. The normalized spacial score (nSPS) is 14.5. The van der Waals surface area contributed by atoms with E-state index in [9.17, 15) is 4.21 Å². The first kappa shape index (κ1) is 14.6. The molecule has 0 fully saturated rings. The molecule has 1 aromatic rings. The first-order valence-electron chi connectivity index (χ1n) is 5.42. The molecule has 0 saturated carbocycles. The minimum Gasteiger partial charge on any atom is -0.383 e. The van der Waals surface area contributed by atoms with Gasteiger partial charge in [0.05, 0.1) is 12.4 Å². The molecule has 1 aromatic carbocycles. The lowest BCUT2D eigenvalue weighted by Crippen LogP contribution is -2.35. The fourth-order valence-electron chi connectivity index (χ4n) is 1.49. The number of hydrogen-bond acceptors (Lipinski definition) is 3. The summed E-state index contributed by atoms with van der Waals surface area (Å²) in [7, 11) is 2.54. The van der Waals surface area contributed by atoms with Crippen LogP contribution in [0, 0.1) is 0 Å². The van der Waals surface area contributed by atoms with Crippen molar-refractivity contribution in [3.05, 3.63) is 34.9 Å². The molecular weight excluding hydrogens is 258 g/mol. The SMILES string of the molecule is CNC(COC)CS(=O)Cc1ccccc1Cl. The second-order valence-corrected chi connectivity index (χ2v) is 5.69. The second kappa shape index (κ2) is 7.82. The Labute approximate surface area is 110 Å². The molecule has 1 rings (SSSR count). The van der Waals surface area contributed by atoms with Crippen molar-refractivity contribution >= 4 is 22.4 Å². The topological polar surface area (TPSA) is 38.3 Å². The third kappa shape index (κ3) is 5.17. The zero-order chi connectivity index (χ0) is 12.7. The number of methoxy groups -OCH3 is 1. The van der Waals surface area contributed by atoms with Crippen molar-refractivity contribution in [1.82, 2.24) is 5.32 Å². The Hall–Kier alpha value is -0.420. The largest absolute Gasteiger partial charge is 0.383 e. The molecule has 0 saturated heterocycles. The van der Waals surface area contributed by atoms with Gasteiger partial charge in [0.25, 0.3) is 0 Å². The standard InChI is InChI=1S/C12H18ClNO2S/c1-14-11(7-16-2)9-17(15)8-10-5-3-4-6-12(10)13/h3-6,11,14H,7-9H2,1-2H3. The van der Waals surface area contributed by atoms with E-state index in [0.29, 0.717) is 23.1 Å². The van der Waals surface area contributed by atoms with Gasteiger partial charge in [0.1, 0.15) is 0 Å². The predicted octanol–water partition coefficient (Wildman–Crippen LogP) is 1.82. The highest BCUT2D eigenvalue weighted by molar-refractivity contribution is 7.84. The van der Waals surface area contributed by atoms with E-state index >= 15 is 0 Å². The number of likely N-dealkylation sites (N-methyl/N-ethyl adjacent to an activating group) is 1. The van der Waals surface area contributed by atoms with Gasteiger partial charge in [-0.15, -0.1) is 0 Å². The van der Waals surface area contributed by atoms with Crippen LogP contribution in [0.1, 0.15) is 5.56 Å². The maximum Gasteiger partial charge on any atom is 0.0624 e. The van der Waals surface area contributed by atoms with Crippen LogP contribution in [0.2, 0.25) is 5.02 Å². The van der Waals surface area contributed by atoms with Gasteiger partial charge in [0, 0.05) is 34.7 Å². The third-order valence-electron chi connectivity index (χ3n) is 2.44. The first-order valence-corrected chi connectivity index (χ1v) is 7.28. The fraction of sp³-hybridized carbons (Fsp3) is 0.500. The van der Waals surface area contributed by atoms with Gasteiger partial charge in [-0.25, -0.2) is 0 Å². The number of hydrogen-bond donors (Lipinski definition) is 1. The van der Waals surface area contributed by atoms with E-state index in [2.05, 4.69) is 5.32 Å². The highest BCUT2D eigenvalue weighted by Crippen LogP contribution is 2.16. The number of nitrogens with one attached hydrogen (secondary N) is 1. The van der Waals surface area contributed by atoms with E-state index in [0.717, 1.165) is 5.56 Å². The van der Waals surface area contributed by atoms with Crippen LogP contribution in [0.5, 0.6) is 0 Å². The van der Waals surface area contributed by atoms with Gasteiger partial charge in [-0.05, 0) is 18.7 Å². The lowest BCUT2D eigenvalue weighted by atomic mass is 10.2. The van der Waals surface area contributed by atoms with Crippen molar-refractivity contribution in [1.29, 1.82) is 0 Å². The zero-order valence-electron chi connectivity index (χ0n) is 10.1. The summed E-state index contributed by atoms with van der Waals surface area (Å²) in [6.45, 7) is 0.560. The Morgan fingerprint density at radius 2 is 2.18 bits per heavy atom. The van der Waals surface area contributed by atoms with Crippen molar-refractivity contribution in [3.8, 4) is 0 Å². The molecule has 96 valence electrons. The summed E-state index contributed by atoms with van der Waals surface area (Å²) in [4.78, 5) is 0. The maximum atomic E-state index is 12.0. The molecule has 0 aliphatic heterocycles. The molecular formula is C12H18ClNO2S. The minimum absolute atomic E-state index is 0.114. The van der Waals surface area contributed by atoms with E-state index in [1.807, 2.05) is 31.3 Å². The smallest absolute Gasteiger partial charge is 0.0624 e. The average molecular weight is 276 g/mol. The first-order chi connectivity index (χ1) is 8.17. The molecule has 0 aliphatic carbocycles. The van der Waals surface area contributed by atoms with Crippen LogP contribution in [0.15, 0.2) is 24.3 Å². The molecule has 0 heterocycles. The summed E-state index contributed by atoms with van der Waals surface area (Å²) in [5, 5.41) is 3.76. The highest BCUT2D eigenvalue weighted by atomic mass is 35.5. The molecule has 17 heavy (non-hydrogen) atoms. The molecule has 0 aromatic heterocycles. The Kier molecular flexibility index (Phi) is 6.73. The van der Waals surface area contributed by atoms with E-state index in [4.69, 9.17) is 16.3 Å². The number of halogens is 1. The van der Waals surface area contributed by atoms with Gasteiger partial charge in [-0.1, -0.05) is 29.8 Å². The number of benzene rings is 1. The van der Waals surface area contributed by atoms with Gasteiger partial charge in [-0.2, -0.15) is 0 Å². The van der Waals surface area contributed by atoms with Crippen molar-refractivity contribution in [2.45, 2.75) is 11.8 Å². The van der Waals surface area contributed by atoms with Gasteiger partial charge >= 0.3 is 0 Å². The molecule has 3 nitrogen and oxygen atoms in total. The van der Waals surface area contributed by atoms with E-state index in [1.165, 1.54) is 0 Å². The fourth-order valence-corrected chi connectivity index (χ4v) is 3.20. The van der Waals surface area contributed by atoms with Crippen LogP contribution in [-0.4, -0.2) is 36.8 Å². The van der Waals surface area contributed by atoms with Crippen molar-refractivity contribution < 1.29 is 8.95 Å². The van der Waals surface area contributed by atoms with Gasteiger partial charge in [0.2, 0.25) is 0 Å². The molecule has 1 N–H and O–H groups in total. The zero-order valence-corrected chi connectivity index (χ0v) is 11.7. The van der Waals surface area contributed by atoms with Crippen LogP contribution in [0.3, 0.4) is 0 Å². The Bertz CT molecular complexity index is 373. The Morgan fingerprint density at radius 3 is 2.76 bits per heavy atom. The minimum atomic E-state index is -0.940. The summed E-state index contributed by atoms with van der Waals surface area (Å²) >= 11 is 6.03. The third-order valence-corrected chi connectivity index (χ3v) is 4.21. The second-order valence-electron chi connectivity index (χ2n) is 3.78. The average Bonchev–Trinajstić information content (AvgIpc) is 2.31. The highest BCUT2D eigenvalue weighted by Gasteiger charge is 2.12. The Morgan fingerprint density at radius 1 is 1.47 bits per heavy atom. The molecule has 0 radical (unpaired) electrons. The van der Waals surface area contributed by atoms with E-state index in [-0.39, 0.29) is 6.04 Å².